The number of aryl methyl sites for hydroxylation is 1. The predicted octanol–water partition coefficient (Wildman–Crippen LogP) is 8.21. The number of fused-ring (bicyclic) bond motifs is 1. The fourth-order valence-corrected chi connectivity index (χ4v) is 3.99. The number of alkyl halides is 3. The maximum atomic E-state index is 13.5. The minimum absolute atomic E-state index is 0.0883. The second-order valence-electron chi connectivity index (χ2n) is 9.25. The third-order valence-electron chi connectivity index (χ3n) is 5.60. The van der Waals surface area contributed by atoms with Gasteiger partial charge in [0.25, 0.3) is 0 Å². The summed E-state index contributed by atoms with van der Waals surface area (Å²) in [6.07, 6.45) is 11.2. The lowest BCUT2D eigenvalue weighted by atomic mass is 10.0. The van der Waals surface area contributed by atoms with Gasteiger partial charge >= 0.3 is 6.18 Å². The van der Waals surface area contributed by atoms with Crippen molar-refractivity contribution in [1.29, 1.82) is 0 Å². The Morgan fingerprint density at radius 1 is 1.27 bits per heavy atom. The van der Waals surface area contributed by atoms with Gasteiger partial charge in [-0.25, -0.2) is 0 Å². The van der Waals surface area contributed by atoms with Crippen LogP contribution in [0.15, 0.2) is 65.0 Å². The summed E-state index contributed by atoms with van der Waals surface area (Å²) in [5.41, 5.74) is 1.19. The summed E-state index contributed by atoms with van der Waals surface area (Å²) in [7, 11) is 0. The molecule has 1 aliphatic heterocycles. The number of hydrogen-bond acceptors (Lipinski definition) is 3. The van der Waals surface area contributed by atoms with Crippen LogP contribution in [0.3, 0.4) is 0 Å². The molecule has 0 saturated heterocycles. The van der Waals surface area contributed by atoms with Crippen LogP contribution in [0.1, 0.15) is 91.1 Å². The van der Waals surface area contributed by atoms with Crippen molar-refractivity contribution in [3.8, 4) is 0 Å². The fraction of sp³-hybridized carbons (Fsp3) is 0.517. The number of aromatic nitrogens is 2. The summed E-state index contributed by atoms with van der Waals surface area (Å²) in [6.45, 7) is 12.2. The Hall–Kier alpha value is -3.03. The van der Waals surface area contributed by atoms with Crippen LogP contribution in [-0.4, -0.2) is 27.9 Å². The van der Waals surface area contributed by atoms with E-state index in [2.05, 4.69) is 23.4 Å². The van der Waals surface area contributed by atoms with Gasteiger partial charge in [-0.3, -0.25) is 9.67 Å². The Bertz CT molecular complexity index is 1060. The highest BCUT2D eigenvalue weighted by Gasteiger charge is 2.32. The molecule has 0 spiro atoms. The first kappa shape index (κ1) is 30.2. The van der Waals surface area contributed by atoms with Crippen LogP contribution in [0.5, 0.6) is 0 Å². The Labute approximate surface area is 219 Å². The van der Waals surface area contributed by atoms with Gasteiger partial charge in [0.05, 0.1) is 34.9 Å². The molecule has 0 fully saturated rings. The molecule has 8 heteroatoms. The molecule has 1 N–H and O–H groups in total. The second kappa shape index (κ2) is 14.6. The third kappa shape index (κ3) is 9.74. The number of halogens is 3. The Kier molecular flexibility index (Phi) is 12.0. The van der Waals surface area contributed by atoms with Gasteiger partial charge in [0.15, 0.2) is 0 Å². The van der Waals surface area contributed by atoms with Gasteiger partial charge in [-0.15, -0.1) is 0 Å². The Balaban J connectivity index is 2.28. The van der Waals surface area contributed by atoms with Crippen molar-refractivity contribution in [1.82, 2.24) is 15.1 Å². The molecule has 1 atom stereocenters. The van der Waals surface area contributed by atoms with Crippen molar-refractivity contribution < 1.29 is 17.9 Å². The summed E-state index contributed by atoms with van der Waals surface area (Å²) >= 11 is 0. The molecule has 0 aliphatic carbocycles. The molecule has 0 aromatic carbocycles. The molecule has 2 heterocycles. The summed E-state index contributed by atoms with van der Waals surface area (Å²) in [5, 5.41) is 7.85. The normalized spacial score (nSPS) is 18.3. The van der Waals surface area contributed by atoms with E-state index in [4.69, 9.17) is 9.73 Å². The van der Waals surface area contributed by atoms with Crippen LogP contribution in [0.2, 0.25) is 0 Å². The van der Waals surface area contributed by atoms with E-state index in [-0.39, 0.29) is 12.1 Å². The standard InChI is InChI=1S/C29H41F3N4O/c1-7-10-14-25(37-21(4)5)16-17-33-22(6)34-26-15-11-18-36-28(26)20-27(35-36)23(12-8-2)19-24(13-9-3)29(30,31)32/h8,12-14,16-17,19-21,26H,7,9-11,15,18H2,1-6H3,(H,33,34)/b12-8-,17-16-,23-19+,24-13-,25-14-. The molecule has 1 aromatic heterocycles. The minimum Gasteiger partial charge on any atom is -0.491 e. The number of nitrogens with one attached hydrogen (secondary N) is 1. The number of hydrogen-bond donors (Lipinski definition) is 1. The lowest BCUT2D eigenvalue weighted by Gasteiger charge is -2.20. The van der Waals surface area contributed by atoms with Crippen LogP contribution in [0.25, 0.3) is 5.57 Å². The molecule has 2 rings (SSSR count). The van der Waals surface area contributed by atoms with E-state index in [1.807, 2.05) is 43.8 Å². The van der Waals surface area contributed by atoms with Crippen molar-refractivity contribution in [2.75, 3.05) is 0 Å². The van der Waals surface area contributed by atoms with E-state index < -0.39 is 11.7 Å². The van der Waals surface area contributed by atoms with Gasteiger partial charge in [-0.1, -0.05) is 38.5 Å². The maximum absolute atomic E-state index is 13.5. The van der Waals surface area contributed by atoms with Gasteiger partial charge in [-0.05, 0) is 77.7 Å². The molecule has 0 radical (unpaired) electrons. The number of amidine groups is 1. The van der Waals surface area contributed by atoms with E-state index in [0.29, 0.717) is 24.2 Å². The average molecular weight is 519 g/mol. The number of allylic oxidation sites excluding steroid dienone is 8. The van der Waals surface area contributed by atoms with Crippen LogP contribution in [0, 0.1) is 0 Å². The molecule has 0 saturated carbocycles. The highest BCUT2D eigenvalue weighted by molar-refractivity contribution is 5.81. The maximum Gasteiger partial charge on any atom is 0.416 e. The molecule has 204 valence electrons. The number of ether oxygens (including phenoxy) is 1. The van der Waals surface area contributed by atoms with Crippen LogP contribution in [0.4, 0.5) is 13.2 Å². The highest BCUT2D eigenvalue weighted by Crippen LogP contribution is 2.33. The van der Waals surface area contributed by atoms with E-state index in [9.17, 15) is 13.2 Å². The smallest absolute Gasteiger partial charge is 0.416 e. The van der Waals surface area contributed by atoms with Crippen molar-refractivity contribution in [3.05, 3.63) is 71.4 Å². The second-order valence-corrected chi connectivity index (χ2v) is 9.25. The summed E-state index contributed by atoms with van der Waals surface area (Å²) in [5.74, 6) is 1.56. The van der Waals surface area contributed by atoms with Crippen molar-refractivity contribution in [3.63, 3.8) is 0 Å². The van der Waals surface area contributed by atoms with Gasteiger partial charge in [0, 0.05) is 18.3 Å². The van der Waals surface area contributed by atoms with E-state index >= 15 is 0 Å². The topological polar surface area (TPSA) is 51.4 Å². The lowest BCUT2D eigenvalue weighted by Crippen LogP contribution is -2.19. The monoisotopic (exact) mass is 518 g/mol. The summed E-state index contributed by atoms with van der Waals surface area (Å²) in [6, 6.07) is 1.74. The number of unbranched alkanes of at least 4 members (excludes halogenated alkanes) is 1. The van der Waals surface area contributed by atoms with Gasteiger partial charge in [0.1, 0.15) is 5.76 Å². The van der Waals surface area contributed by atoms with Gasteiger partial charge in [0.2, 0.25) is 0 Å². The first-order chi connectivity index (χ1) is 17.6. The highest BCUT2D eigenvalue weighted by atomic mass is 19.4. The van der Waals surface area contributed by atoms with Crippen LogP contribution >= 0.6 is 0 Å². The summed E-state index contributed by atoms with van der Waals surface area (Å²) in [4.78, 5) is 4.85. The molecule has 1 unspecified atom stereocenters. The third-order valence-corrected chi connectivity index (χ3v) is 5.60. The van der Waals surface area contributed by atoms with Crippen molar-refractivity contribution >= 4 is 11.4 Å². The lowest BCUT2D eigenvalue weighted by molar-refractivity contribution is -0.0883. The number of nitrogens with zero attached hydrogens (tertiary/aromatic N) is 3. The first-order valence-corrected chi connectivity index (χ1v) is 13.1. The van der Waals surface area contributed by atoms with E-state index in [1.165, 1.54) is 12.2 Å². The minimum atomic E-state index is -4.42. The molecule has 0 bridgehead atoms. The van der Waals surface area contributed by atoms with E-state index in [0.717, 1.165) is 43.0 Å². The quantitative estimate of drug-likeness (QED) is 0.139. The Morgan fingerprint density at radius 2 is 2.03 bits per heavy atom. The first-order valence-electron chi connectivity index (χ1n) is 13.1. The molecular formula is C29H41F3N4O. The molecule has 5 nitrogen and oxygen atoms in total. The molecule has 0 amide bonds. The zero-order valence-corrected chi connectivity index (χ0v) is 22.9. The molecule has 1 aliphatic rings. The van der Waals surface area contributed by atoms with Gasteiger partial charge < -0.3 is 10.1 Å². The molecule has 1 aromatic rings. The average Bonchev–Trinajstić information content (AvgIpc) is 3.26. The number of aliphatic imine (C=N–C) groups is 1. The number of rotatable bonds is 11. The summed E-state index contributed by atoms with van der Waals surface area (Å²) < 4.78 is 48.3. The van der Waals surface area contributed by atoms with E-state index in [1.54, 1.807) is 26.0 Å². The van der Waals surface area contributed by atoms with Gasteiger partial charge in [-0.2, -0.15) is 18.3 Å². The zero-order chi connectivity index (χ0) is 27.4. The van der Waals surface area contributed by atoms with Crippen molar-refractivity contribution in [2.24, 2.45) is 4.99 Å². The SMILES string of the molecule is C\C=C/C(=C\C(=C\CC)C(F)(F)F)c1cc2n(n1)CCCC2N=C(C)N/C=C\C(=C\CCC)OC(C)C. The van der Waals surface area contributed by atoms with Crippen molar-refractivity contribution in [2.45, 2.75) is 98.5 Å². The Morgan fingerprint density at radius 3 is 2.65 bits per heavy atom. The zero-order valence-electron chi connectivity index (χ0n) is 22.9. The fourth-order valence-electron chi connectivity index (χ4n) is 3.99. The molecule has 37 heavy (non-hydrogen) atoms. The molecular weight excluding hydrogens is 477 g/mol. The predicted molar refractivity (Wildman–Crippen MR) is 146 cm³/mol. The van der Waals surface area contributed by atoms with Crippen LogP contribution in [-0.2, 0) is 11.3 Å². The van der Waals surface area contributed by atoms with Crippen LogP contribution < -0.4 is 5.32 Å². The largest absolute Gasteiger partial charge is 0.491 e.